The minimum absolute atomic E-state index is 0.170. The molecule has 0 aliphatic carbocycles. The summed E-state index contributed by atoms with van der Waals surface area (Å²) in [5.74, 6) is 4.72. The van der Waals surface area contributed by atoms with Crippen molar-refractivity contribution in [3.8, 4) is 5.75 Å². The van der Waals surface area contributed by atoms with Gasteiger partial charge in [-0.1, -0.05) is 66.2 Å². The molecule has 8 nitrogen and oxygen atoms in total. The molecule has 0 heterocycles. The van der Waals surface area contributed by atoms with Crippen LogP contribution in [0.25, 0.3) is 0 Å². The molecule has 212 valence electrons. The molecule has 3 rings (SSSR count). The minimum atomic E-state index is -1.02. The first-order chi connectivity index (χ1) is 19.2. The van der Waals surface area contributed by atoms with Crippen LogP contribution in [0.15, 0.2) is 72.8 Å². The van der Waals surface area contributed by atoms with Crippen molar-refractivity contribution in [1.29, 1.82) is 0 Å². The van der Waals surface area contributed by atoms with Crippen molar-refractivity contribution in [2.24, 2.45) is 17.5 Å². The van der Waals surface area contributed by atoms with Crippen molar-refractivity contribution in [3.05, 3.63) is 100 Å². The standard InChI is InChI=1S/C31H37ClN4O4/c1-3-40-26-14-10-22(11-15-26)12-16-29(37)21(2)31(39)36(34)28(18-23-7-5-4-6-8-23)30(38)35-20-24-9-13-25(19-33)27(32)17-24/h4-11,13-15,17,21,28H,3,12,16,18-20,33-34H2,1-2H3,(H,35,38). The van der Waals surface area contributed by atoms with Crippen LogP contribution in [0.4, 0.5) is 0 Å². The fourth-order valence-corrected chi connectivity index (χ4v) is 4.53. The molecule has 3 aromatic carbocycles. The Kier molecular flexibility index (Phi) is 11.7. The lowest BCUT2D eigenvalue weighted by Crippen LogP contribution is -2.56. The number of carbonyl (C=O) groups is 3. The van der Waals surface area contributed by atoms with E-state index in [0.717, 1.165) is 33.0 Å². The first-order valence-electron chi connectivity index (χ1n) is 13.3. The zero-order chi connectivity index (χ0) is 29.1. The predicted octanol–water partition coefficient (Wildman–Crippen LogP) is 3.97. The number of hydrogen-bond acceptors (Lipinski definition) is 6. The van der Waals surface area contributed by atoms with Gasteiger partial charge in [-0.2, -0.15) is 0 Å². The lowest BCUT2D eigenvalue weighted by Gasteiger charge is -2.29. The Morgan fingerprint density at radius 1 is 0.975 bits per heavy atom. The van der Waals surface area contributed by atoms with E-state index in [2.05, 4.69) is 5.32 Å². The molecule has 0 aliphatic rings. The van der Waals surface area contributed by atoms with E-state index < -0.39 is 23.8 Å². The van der Waals surface area contributed by atoms with Crippen molar-refractivity contribution in [1.82, 2.24) is 10.3 Å². The summed E-state index contributed by atoms with van der Waals surface area (Å²) in [5.41, 5.74) is 9.05. The number of ether oxygens (including phenoxy) is 1. The molecule has 0 fully saturated rings. The van der Waals surface area contributed by atoms with Gasteiger partial charge in [0, 0.05) is 31.0 Å². The van der Waals surface area contributed by atoms with E-state index in [1.165, 1.54) is 6.92 Å². The maximum Gasteiger partial charge on any atom is 0.247 e. The summed E-state index contributed by atoms with van der Waals surface area (Å²) in [6.07, 6.45) is 0.839. The van der Waals surface area contributed by atoms with Crippen molar-refractivity contribution in [3.63, 3.8) is 0 Å². The van der Waals surface area contributed by atoms with Crippen LogP contribution in [0.3, 0.4) is 0 Å². The fraction of sp³-hybridized carbons (Fsp3) is 0.323. The van der Waals surface area contributed by atoms with Crippen LogP contribution in [0.1, 0.15) is 42.5 Å². The third-order valence-corrected chi connectivity index (χ3v) is 7.07. The van der Waals surface area contributed by atoms with Gasteiger partial charge in [0.1, 0.15) is 17.6 Å². The maximum absolute atomic E-state index is 13.3. The van der Waals surface area contributed by atoms with Gasteiger partial charge in [0.05, 0.1) is 12.5 Å². The van der Waals surface area contributed by atoms with E-state index in [1.54, 1.807) is 6.07 Å². The highest BCUT2D eigenvalue weighted by Gasteiger charge is 2.33. The molecule has 0 spiro atoms. The molecule has 0 radical (unpaired) electrons. The number of rotatable bonds is 14. The average molecular weight is 565 g/mol. The normalized spacial score (nSPS) is 12.3. The van der Waals surface area contributed by atoms with Gasteiger partial charge in [0.2, 0.25) is 11.8 Å². The Hall–Kier alpha value is -3.72. The number of hydrogen-bond donors (Lipinski definition) is 3. The SMILES string of the molecule is CCOc1ccc(CCC(=O)C(C)C(=O)N(N)C(Cc2ccccc2)C(=O)NCc2ccc(CN)c(Cl)c2)cc1. The van der Waals surface area contributed by atoms with Gasteiger partial charge < -0.3 is 15.8 Å². The molecule has 0 aromatic heterocycles. The number of Topliss-reactive ketones (excluding diaryl/α,β-unsaturated/α-hetero) is 1. The fourth-order valence-electron chi connectivity index (χ4n) is 4.25. The summed E-state index contributed by atoms with van der Waals surface area (Å²) in [5, 5.41) is 4.26. The molecule has 0 saturated carbocycles. The highest BCUT2D eigenvalue weighted by atomic mass is 35.5. The number of halogens is 1. The van der Waals surface area contributed by atoms with Crippen LogP contribution in [0.5, 0.6) is 5.75 Å². The van der Waals surface area contributed by atoms with Crippen LogP contribution in [0.2, 0.25) is 5.02 Å². The lowest BCUT2D eigenvalue weighted by molar-refractivity contribution is -0.147. The van der Waals surface area contributed by atoms with Crippen LogP contribution in [-0.4, -0.2) is 35.3 Å². The van der Waals surface area contributed by atoms with E-state index in [-0.39, 0.29) is 25.2 Å². The highest BCUT2D eigenvalue weighted by molar-refractivity contribution is 6.31. The van der Waals surface area contributed by atoms with Gasteiger partial charge in [-0.25, -0.2) is 5.84 Å². The number of nitrogens with zero attached hydrogens (tertiary/aromatic N) is 1. The number of carbonyl (C=O) groups excluding carboxylic acids is 3. The van der Waals surface area contributed by atoms with Gasteiger partial charge >= 0.3 is 0 Å². The Labute approximate surface area is 240 Å². The largest absolute Gasteiger partial charge is 0.494 e. The summed E-state index contributed by atoms with van der Waals surface area (Å²) >= 11 is 6.25. The van der Waals surface area contributed by atoms with Crippen LogP contribution in [-0.2, 0) is 40.3 Å². The summed E-state index contributed by atoms with van der Waals surface area (Å²) in [4.78, 5) is 39.5. The zero-order valence-electron chi connectivity index (χ0n) is 22.9. The Bertz CT molecular complexity index is 1280. The van der Waals surface area contributed by atoms with E-state index in [0.29, 0.717) is 24.6 Å². The number of ketones is 1. The second kappa shape index (κ2) is 15.2. The topological polar surface area (TPSA) is 128 Å². The van der Waals surface area contributed by atoms with Gasteiger partial charge in [-0.05, 0) is 60.7 Å². The molecule has 2 unspecified atom stereocenters. The quantitative estimate of drug-likeness (QED) is 0.118. The van der Waals surface area contributed by atoms with Gasteiger partial charge in [0.25, 0.3) is 0 Å². The molecule has 5 N–H and O–H groups in total. The molecule has 2 atom stereocenters. The Morgan fingerprint density at radius 3 is 2.27 bits per heavy atom. The van der Waals surface area contributed by atoms with Crippen LogP contribution < -0.4 is 21.6 Å². The maximum atomic E-state index is 13.3. The average Bonchev–Trinajstić information content (AvgIpc) is 2.97. The predicted molar refractivity (Wildman–Crippen MR) is 156 cm³/mol. The number of benzene rings is 3. The summed E-state index contributed by atoms with van der Waals surface area (Å²) in [6.45, 7) is 4.52. The molecule has 0 aliphatic heterocycles. The summed E-state index contributed by atoms with van der Waals surface area (Å²) in [7, 11) is 0. The van der Waals surface area contributed by atoms with Crippen LogP contribution >= 0.6 is 11.6 Å². The highest BCUT2D eigenvalue weighted by Crippen LogP contribution is 2.19. The molecular weight excluding hydrogens is 528 g/mol. The lowest BCUT2D eigenvalue weighted by atomic mass is 9.97. The number of aryl methyl sites for hydroxylation is 1. The third kappa shape index (κ3) is 8.64. The van der Waals surface area contributed by atoms with Gasteiger partial charge in [-0.3, -0.25) is 19.4 Å². The van der Waals surface area contributed by atoms with Crippen molar-refractivity contribution in [2.45, 2.75) is 52.2 Å². The first-order valence-corrected chi connectivity index (χ1v) is 13.7. The first kappa shape index (κ1) is 30.8. The third-order valence-electron chi connectivity index (χ3n) is 6.72. The van der Waals surface area contributed by atoms with E-state index >= 15 is 0 Å². The van der Waals surface area contributed by atoms with Crippen molar-refractivity contribution in [2.75, 3.05) is 6.61 Å². The molecule has 40 heavy (non-hydrogen) atoms. The second-order valence-corrected chi connectivity index (χ2v) is 9.97. The zero-order valence-corrected chi connectivity index (χ0v) is 23.7. The minimum Gasteiger partial charge on any atom is -0.494 e. The Morgan fingerprint density at radius 2 is 1.65 bits per heavy atom. The molecule has 2 amide bonds. The molecule has 9 heteroatoms. The van der Waals surface area contributed by atoms with Gasteiger partial charge in [-0.15, -0.1) is 0 Å². The van der Waals surface area contributed by atoms with E-state index in [4.69, 9.17) is 27.9 Å². The van der Waals surface area contributed by atoms with Crippen LogP contribution in [0, 0.1) is 5.92 Å². The number of amides is 2. The summed E-state index contributed by atoms with van der Waals surface area (Å²) < 4.78 is 5.45. The van der Waals surface area contributed by atoms with E-state index in [1.807, 2.05) is 73.7 Å². The molecule has 3 aromatic rings. The van der Waals surface area contributed by atoms with E-state index in [9.17, 15) is 14.4 Å². The van der Waals surface area contributed by atoms with Gasteiger partial charge in [0.15, 0.2) is 0 Å². The molecular formula is C31H37ClN4O4. The molecule has 0 bridgehead atoms. The number of nitrogens with two attached hydrogens (primary N) is 2. The second-order valence-electron chi connectivity index (χ2n) is 9.56. The summed E-state index contributed by atoms with van der Waals surface area (Å²) in [6, 6.07) is 21.1. The number of hydrazine groups is 1. The Balaban J connectivity index is 1.67. The molecule has 0 saturated heterocycles. The monoisotopic (exact) mass is 564 g/mol. The van der Waals surface area contributed by atoms with Crippen molar-refractivity contribution < 1.29 is 19.1 Å². The number of nitrogens with one attached hydrogen (secondary N) is 1. The smallest absolute Gasteiger partial charge is 0.247 e. The van der Waals surface area contributed by atoms with Crippen molar-refractivity contribution >= 4 is 29.2 Å².